The summed E-state index contributed by atoms with van der Waals surface area (Å²) in [5.74, 6) is -0.447. The molecule has 1 aliphatic rings. The molecule has 32 heavy (non-hydrogen) atoms. The minimum atomic E-state index is -4.58. The van der Waals surface area contributed by atoms with Crippen molar-refractivity contribution in [2.75, 3.05) is 6.54 Å². The second kappa shape index (κ2) is 7.18. The molecule has 0 saturated carbocycles. The van der Waals surface area contributed by atoms with Crippen LogP contribution < -0.4 is 0 Å². The Morgan fingerprint density at radius 2 is 2.09 bits per heavy atom. The zero-order valence-electron chi connectivity index (χ0n) is 17.1. The first-order chi connectivity index (χ1) is 15.2. The highest BCUT2D eigenvalue weighted by Crippen LogP contribution is 2.36. The van der Waals surface area contributed by atoms with Gasteiger partial charge in [0.2, 0.25) is 5.89 Å². The van der Waals surface area contributed by atoms with E-state index < -0.39 is 23.8 Å². The van der Waals surface area contributed by atoms with Crippen molar-refractivity contribution in [3.63, 3.8) is 0 Å². The van der Waals surface area contributed by atoms with E-state index in [1.54, 1.807) is 0 Å². The predicted molar refractivity (Wildman–Crippen MR) is 104 cm³/mol. The van der Waals surface area contributed by atoms with Crippen LogP contribution in [0.5, 0.6) is 0 Å². The molecule has 0 saturated heterocycles. The van der Waals surface area contributed by atoms with E-state index in [1.807, 2.05) is 13.8 Å². The normalized spacial score (nSPS) is 16.7. The second-order valence-corrected chi connectivity index (χ2v) is 7.83. The van der Waals surface area contributed by atoms with Crippen molar-refractivity contribution in [1.82, 2.24) is 34.7 Å². The molecule has 1 aliphatic heterocycles. The lowest BCUT2D eigenvalue weighted by Gasteiger charge is -2.32. The molecule has 1 unspecified atom stereocenters. The van der Waals surface area contributed by atoms with Gasteiger partial charge in [0, 0.05) is 24.6 Å². The number of halogens is 3. The summed E-state index contributed by atoms with van der Waals surface area (Å²) < 4.78 is 46.8. The van der Waals surface area contributed by atoms with Gasteiger partial charge in [0.15, 0.2) is 0 Å². The number of imidazole rings is 1. The Morgan fingerprint density at radius 1 is 1.28 bits per heavy atom. The maximum Gasteiger partial charge on any atom is 0.433 e. The predicted octanol–water partition coefficient (Wildman–Crippen LogP) is 3.37. The Kier molecular flexibility index (Phi) is 4.53. The summed E-state index contributed by atoms with van der Waals surface area (Å²) in [6, 6.07) is 4.52. The Labute approximate surface area is 179 Å². The van der Waals surface area contributed by atoms with E-state index in [0.717, 1.165) is 16.3 Å². The van der Waals surface area contributed by atoms with Crippen LogP contribution in [0.25, 0.3) is 5.52 Å². The molecule has 166 valence electrons. The number of H-pyrrole nitrogens is 1. The fraction of sp³-hybridized carbons (Fsp3) is 0.350. The Hall–Kier alpha value is -3.70. The topological polar surface area (TPSA) is 105 Å². The van der Waals surface area contributed by atoms with Gasteiger partial charge in [0.25, 0.3) is 0 Å². The van der Waals surface area contributed by atoms with Crippen LogP contribution in [-0.2, 0) is 12.6 Å². The van der Waals surface area contributed by atoms with Crippen molar-refractivity contribution in [3.8, 4) is 0 Å². The lowest BCUT2D eigenvalue weighted by molar-refractivity contribution is -0.142. The van der Waals surface area contributed by atoms with Gasteiger partial charge >= 0.3 is 18.0 Å². The molecule has 4 aromatic heterocycles. The van der Waals surface area contributed by atoms with Crippen LogP contribution in [-0.4, -0.2) is 47.1 Å². The quantitative estimate of drug-likeness (QED) is 0.518. The largest absolute Gasteiger partial charge is 0.433 e. The van der Waals surface area contributed by atoms with E-state index in [-0.39, 0.29) is 29.6 Å². The van der Waals surface area contributed by atoms with Crippen molar-refractivity contribution in [1.29, 1.82) is 0 Å². The highest BCUT2D eigenvalue weighted by Gasteiger charge is 2.39. The number of rotatable bonds is 3. The van der Waals surface area contributed by atoms with E-state index in [0.29, 0.717) is 18.0 Å². The van der Waals surface area contributed by atoms with E-state index in [4.69, 9.17) is 4.42 Å². The number of hydrogen-bond donors (Lipinski definition) is 1. The van der Waals surface area contributed by atoms with Crippen molar-refractivity contribution in [3.05, 3.63) is 65.1 Å². The number of carbonyl (C=O) groups excluding carboxylic acids is 1. The molecule has 5 heterocycles. The summed E-state index contributed by atoms with van der Waals surface area (Å²) in [4.78, 5) is 22.1. The minimum absolute atomic E-state index is 0.0571. The smallest absolute Gasteiger partial charge is 0.417 e. The average Bonchev–Trinajstić information content (AvgIpc) is 3.49. The van der Waals surface area contributed by atoms with Gasteiger partial charge in [-0.3, -0.25) is 4.79 Å². The molecule has 1 atom stereocenters. The van der Waals surface area contributed by atoms with Gasteiger partial charge < -0.3 is 14.3 Å². The molecule has 12 heteroatoms. The molecule has 0 fully saturated rings. The number of pyridine rings is 1. The Balaban J connectivity index is 1.61. The van der Waals surface area contributed by atoms with Gasteiger partial charge in [-0.1, -0.05) is 19.9 Å². The standard InChI is InChI=1S/C20H18F3N7O2/c1-10(2)17-26-27-18(32-17)19(31)29-7-6-12-15(25-9-24-12)16(29)13-8-11-4-3-5-14(20(21,22)23)30(11)28-13/h3-5,8-10,16H,6-7H2,1-2H3,(H,24,25). The summed E-state index contributed by atoms with van der Waals surface area (Å²) in [7, 11) is 0. The number of nitrogens with one attached hydrogen (secondary N) is 1. The summed E-state index contributed by atoms with van der Waals surface area (Å²) in [5, 5.41) is 12.0. The number of hydrogen-bond acceptors (Lipinski definition) is 6. The highest BCUT2D eigenvalue weighted by molar-refractivity contribution is 5.90. The number of amides is 1. The van der Waals surface area contributed by atoms with Gasteiger partial charge in [-0.25, -0.2) is 9.50 Å². The fourth-order valence-electron chi connectivity index (χ4n) is 3.86. The zero-order chi connectivity index (χ0) is 22.6. The molecule has 0 radical (unpaired) electrons. The number of alkyl halides is 3. The Morgan fingerprint density at radius 3 is 2.81 bits per heavy atom. The van der Waals surface area contributed by atoms with Gasteiger partial charge in [0.05, 0.1) is 23.2 Å². The van der Waals surface area contributed by atoms with Crippen LogP contribution in [0.15, 0.2) is 35.0 Å². The SMILES string of the molecule is CC(C)c1nnc(C(=O)N2CCc3[nH]cnc3C2c2cc3cccc(C(F)(F)F)n3n2)o1. The molecule has 0 bridgehead atoms. The minimum Gasteiger partial charge on any atom is -0.417 e. The van der Waals surface area contributed by atoms with E-state index >= 15 is 0 Å². The van der Waals surface area contributed by atoms with E-state index in [2.05, 4.69) is 25.3 Å². The third-order valence-corrected chi connectivity index (χ3v) is 5.38. The monoisotopic (exact) mass is 445 g/mol. The lowest BCUT2D eigenvalue weighted by Crippen LogP contribution is -2.41. The number of aromatic amines is 1. The number of nitrogens with zero attached hydrogens (tertiary/aromatic N) is 6. The van der Waals surface area contributed by atoms with Crippen LogP contribution >= 0.6 is 0 Å². The lowest BCUT2D eigenvalue weighted by atomic mass is 9.99. The molecule has 0 aliphatic carbocycles. The molecule has 1 amide bonds. The summed E-state index contributed by atoms with van der Waals surface area (Å²) in [6.45, 7) is 3.99. The number of aromatic nitrogens is 6. The van der Waals surface area contributed by atoms with Gasteiger partial charge in [-0.2, -0.15) is 18.3 Å². The average molecular weight is 445 g/mol. The third kappa shape index (κ3) is 3.22. The van der Waals surface area contributed by atoms with Gasteiger partial charge in [0.1, 0.15) is 11.7 Å². The van der Waals surface area contributed by atoms with Crippen molar-refractivity contribution in [2.45, 2.75) is 38.4 Å². The molecular formula is C20H18F3N7O2. The molecular weight excluding hydrogens is 427 g/mol. The first kappa shape index (κ1) is 20.2. The molecule has 0 spiro atoms. The van der Waals surface area contributed by atoms with Crippen LogP contribution in [0.3, 0.4) is 0 Å². The summed E-state index contributed by atoms with van der Waals surface area (Å²) >= 11 is 0. The van der Waals surface area contributed by atoms with E-state index in [1.165, 1.54) is 29.4 Å². The maximum atomic E-state index is 13.5. The highest BCUT2D eigenvalue weighted by atomic mass is 19.4. The molecule has 5 rings (SSSR count). The van der Waals surface area contributed by atoms with Gasteiger partial charge in [-0.05, 0) is 18.2 Å². The van der Waals surface area contributed by atoms with Crippen molar-refractivity contribution >= 4 is 11.4 Å². The van der Waals surface area contributed by atoms with Gasteiger partial charge in [-0.15, -0.1) is 10.2 Å². The number of fused-ring (bicyclic) bond motifs is 2. The Bertz CT molecular complexity index is 1300. The first-order valence-corrected chi connectivity index (χ1v) is 9.96. The molecule has 1 N–H and O–H groups in total. The first-order valence-electron chi connectivity index (χ1n) is 9.96. The fourth-order valence-corrected chi connectivity index (χ4v) is 3.86. The van der Waals surface area contributed by atoms with Crippen molar-refractivity contribution < 1.29 is 22.4 Å². The van der Waals surface area contributed by atoms with Crippen LogP contribution in [0, 0.1) is 0 Å². The van der Waals surface area contributed by atoms with Crippen LogP contribution in [0.2, 0.25) is 0 Å². The molecule has 4 aromatic rings. The van der Waals surface area contributed by atoms with Crippen LogP contribution in [0.4, 0.5) is 13.2 Å². The maximum absolute atomic E-state index is 13.5. The summed E-state index contributed by atoms with van der Waals surface area (Å²) in [5.41, 5.74) is 0.915. The van der Waals surface area contributed by atoms with Crippen molar-refractivity contribution in [2.24, 2.45) is 0 Å². The molecule has 9 nitrogen and oxygen atoms in total. The molecule has 0 aromatic carbocycles. The zero-order valence-corrected chi connectivity index (χ0v) is 17.1. The van der Waals surface area contributed by atoms with Crippen LogP contribution in [0.1, 0.15) is 65.2 Å². The third-order valence-electron chi connectivity index (χ3n) is 5.38. The summed E-state index contributed by atoms with van der Waals surface area (Å²) in [6.07, 6.45) is -2.60. The van der Waals surface area contributed by atoms with E-state index in [9.17, 15) is 18.0 Å². The second-order valence-electron chi connectivity index (χ2n) is 7.83. The number of carbonyl (C=O) groups is 1.